The number of benzene rings is 2. The highest BCUT2D eigenvalue weighted by Crippen LogP contribution is 2.39. The molecule has 0 unspecified atom stereocenters. The van der Waals surface area contributed by atoms with Gasteiger partial charge in [-0.05, 0) is 98.2 Å². The van der Waals surface area contributed by atoms with E-state index in [0.29, 0.717) is 34.3 Å². The molecule has 0 amide bonds. The topological polar surface area (TPSA) is 36.9 Å². The van der Waals surface area contributed by atoms with Crippen LogP contribution in [0.4, 0.5) is 26.3 Å². The quantitative estimate of drug-likeness (QED) is 0.0797. The van der Waals surface area contributed by atoms with Crippen molar-refractivity contribution >= 4 is 77.9 Å². The molecule has 0 fully saturated rings. The maximum atomic E-state index is 14.0. The number of alkyl halides is 6. The molecule has 0 N–H and O–H groups in total. The Kier molecular flexibility index (Phi) is 16.1. The molecule has 0 aliphatic carbocycles. The molecule has 0 saturated heterocycles. The van der Waals surface area contributed by atoms with Crippen molar-refractivity contribution < 1.29 is 42.8 Å². The Bertz CT molecular complexity index is 1150. The maximum absolute atomic E-state index is 14.0. The van der Waals surface area contributed by atoms with E-state index in [-0.39, 0.29) is 0 Å². The summed E-state index contributed by atoms with van der Waals surface area (Å²) in [6, 6.07) is 17.7. The summed E-state index contributed by atoms with van der Waals surface area (Å²) in [5.74, 6) is 1.20. The third kappa shape index (κ3) is 15.2. The summed E-state index contributed by atoms with van der Waals surface area (Å²) in [7, 11) is -16.9. The van der Waals surface area contributed by atoms with Crippen LogP contribution in [-0.2, 0) is 16.5 Å². The lowest BCUT2D eigenvalue weighted by Crippen LogP contribution is -2.73. The van der Waals surface area contributed by atoms with Crippen LogP contribution >= 0.6 is 25.3 Å². The van der Waals surface area contributed by atoms with Crippen molar-refractivity contribution in [3.05, 3.63) is 60.7 Å². The Labute approximate surface area is 293 Å². The van der Waals surface area contributed by atoms with E-state index < -0.39 is 79.6 Å². The first-order chi connectivity index (χ1) is 21.6. The molecule has 0 heterocycles. The van der Waals surface area contributed by atoms with E-state index in [0.717, 1.165) is 12.5 Å². The number of rotatable bonds is 20. The molecule has 0 aliphatic rings. The van der Waals surface area contributed by atoms with Crippen molar-refractivity contribution in [1.82, 2.24) is 0 Å². The molecule has 0 bridgehead atoms. The van der Waals surface area contributed by atoms with E-state index in [1.807, 2.05) is 26.2 Å². The van der Waals surface area contributed by atoms with Gasteiger partial charge in [-0.25, -0.2) is 0 Å². The molecular formula is C30H50F6O4S2Si5. The molecule has 0 saturated carbocycles. The zero-order valence-electron chi connectivity index (χ0n) is 28.1. The zero-order valence-corrected chi connectivity index (χ0v) is 34.9. The van der Waals surface area contributed by atoms with Crippen molar-refractivity contribution in [2.75, 3.05) is 11.5 Å². The van der Waals surface area contributed by atoms with E-state index in [1.54, 1.807) is 60.7 Å². The van der Waals surface area contributed by atoms with Gasteiger partial charge in [-0.3, -0.25) is 0 Å². The first-order valence-corrected chi connectivity index (χ1v) is 30.2. The molecule has 0 spiro atoms. The van der Waals surface area contributed by atoms with Crippen molar-refractivity contribution in [2.45, 2.75) is 101 Å². The van der Waals surface area contributed by atoms with Gasteiger partial charge < -0.3 is 16.5 Å². The Morgan fingerprint density at radius 2 is 0.915 bits per heavy atom. The predicted octanol–water partition coefficient (Wildman–Crippen LogP) is 9.41. The SMILES string of the molecule is C[Si](C)(CCCS)O[Si](C)(C)O[Si](O[Si](CCC(F)(F)F)(CCC(F)(F)F)O[Si](C)(C)CCCS)(c1ccccc1)c1ccccc1. The average molecular weight is 793 g/mol. The van der Waals surface area contributed by atoms with Crippen molar-refractivity contribution in [3.8, 4) is 0 Å². The van der Waals surface area contributed by atoms with Gasteiger partial charge in [-0.1, -0.05) is 60.7 Å². The van der Waals surface area contributed by atoms with Crippen molar-refractivity contribution in [2.24, 2.45) is 0 Å². The van der Waals surface area contributed by atoms with Crippen LogP contribution in [0.15, 0.2) is 60.7 Å². The summed E-state index contributed by atoms with van der Waals surface area (Å²) in [6.07, 6.45) is -10.5. The second kappa shape index (κ2) is 17.7. The van der Waals surface area contributed by atoms with Crippen LogP contribution in [0.25, 0.3) is 0 Å². The van der Waals surface area contributed by atoms with Crippen LogP contribution in [0.5, 0.6) is 0 Å². The Hall–Kier alpha value is -0.356. The van der Waals surface area contributed by atoms with E-state index >= 15 is 0 Å². The minimum atomic E-state index is -4.63. The van der Waals surface area contributed by atoms with E-state index in [2.05, 4.69) is 38.4 Å². The lowest BCUT2D eigenvalue weighted by Gasteiger charge is -2.47. The molecule has 0 aromatic heterocycles. The third-order valence-corrected chi connectivity index (χ3v) is 29.1. The smallest absolute Gasteiger partial charge is 0.389 e. The normalized spacial score (nSPS) is 14.1. The number of thiol groups is 2. The maximum Gasteiger partial charge on any atom is 0.389 e. The van der Waals surface area contributed by atoms with Gasteiger partial charge >= 0.3 is 38.0 Å². The van der Waals surface area contributed by atoms with E-state index in [1.165, 1.54) is 0 Å². The molecule has 0 radical (unpaired) electrons. The molecule has 0 atom stereocenters. The molecule has 4 nitrogen and oxygen atoms in total. The summed E-state index contributed by atoms with van der Waals surface area (Å²) in [5.41, 5.74) is 0. The van der Waals surface area contributed by atoms with Crippen LogP contribution in [0.1, 0.15) is 25.7 Å². The van der Waals surface area contributed by atoms with Gasteiger partial charge in [0.1, 0.15) is 0 Å². The highest BCUT2D eigenvalue weighted by atomic mass is 32.1. The summed E-state index contributed by atoms with van der Waals surface area (Å²) in [6.45, 7) is 11.6. The average Bonchev–Trinajstić information content (AvgIpc) is 2.96. The molecule has 2 aromatic carbocycles. The fraction of sp³-hybridized carbons (Fsp3) is 0.600. The van der Waals surface area contributed by atoms with Crippen LogP contribution in [0.2, 0.25) is 63.5 Å². The summed E-state index contributed by atoms with van der Waals surface area (Å²) in [4.78, 5) is 0. The number of halogens is 6. The highest BCUT2D eigenvalue weighted by Gasteiger charge is 2.58. The lowest BCUT2D eigenvalue weighted by atomic mass is 10.4. The summed E-state index contributed by atoms with van der Waals surface area (Å²) < 4.78 is 112. The van der Waals surface area contributed by atoms with E-state index in [9.17, 15) is 26.3 Å². The minimum Gasteiger partial charge on any atom is -0.436 e. The van der Waals surface area contributed by atoms with Gasteiger partial charge in [0, 0.05) is 12.8 Å². The molecule has 47 heavy (non-hydrogen) atoms. The van der Waals surface area contributed by atoms with Crippen LogP contribution in [-0.4, -0.2) is 66.2 Å². The molecule has 268 valence electrons. The summed E-state index contributed by atoms with van der Waals surface area (Å²) in [5, 5.41) is 1.14. The molecular weight excluding hydrogens is 743 g/mol. The fourth-order valence-electron chi connectivity index (χ4n) is 5.66. The zero-order chi connectivity index (χ0) is 35.6. The third-order valence-electron chi connectivity index (χ3n) is 7.46. The van der Waals surface area contributed by atoms with E-state index in [4.69, 9.17) is 16.5 Å². The lowest BCUT2D eigenvalue weighted by molar-refractivity contribution is -0.133. The predicted molar refractivity (Wildman–Crippen MR) is 198 cm³/mol. The van der Waals surface area contributed by atoms with Crippen LogP contribution in [0, 0.1) is 0 Å². The number of hydrogen-bond donors (Lipinski definition) is 2. The molecule has 17 heteroatoms. The van der Waals surface area contributed by atoms with Gasteiger partial charge in [0.2, 0.25) is 0 Å². The Balaban J connectivity index is 2.92. The molecule has 2 rings (SSSR count). The Morgan fingerprint density at radius 3 is 1.28 bits per heavy atom. The fourth-order valence-corrected chi connectivity index (χ4v) is 32.0. The standard InChI is InChI=1S/C30H50F6O4S2Si5/c1-43(2,23-13-21-41)37-45(5,6)39-47(27-15-9-7-10-16-27,28-17-11-8-12-18-28)40-46(25-19-29(31,32)33,26-20-30(34,35)36)38-44(3,4)24-14-22-42/h7-12,15-18,41-42H,13-14,19-26H2,1-6H3. The monoisotopic (exact) mass is 792 g/mol. The van der Waals surface area contributed by atoms with Gasteiger partial charge in [0.15, 0.2) is 16.6 Å². The minimum absolute atomic E-state index is 0.507. The second-order valence-corrected chi connectivity index (χ2v) is 33.7. The van der Waals surface area contributed by atoms with Gasteiger partial charge in [-0.15, -0.1) is 0 Å². The molecule has 0 aliphatic heterocycles. The largest absolute Gasteiger partial charge is 0.436 e. The van der Waals surface area contributed by atoms with Crippen molar-refractivity contribution in [1.29, 1.82) is 0 Å². The van der Waals surface area contributed by atoms with Gasteiger partial charge in [0.05, 0.1) is 0 Å². The number of hydrogen-bond acceptors (Lipinski definition) is 6. The van der Waals surface area contributed by atoms with Gasteiger partial charge in [0.25, 0.3) is 0 Å². The highest BCUT2D eigenvalue weighted by molar-refractivity contribution is 7.80. The van der Waals surface area contributed by atoms with Crippen molar-refractivity contribution in [3.63, 3.8) is 0 Å². The van der Waals surface area contributed by atoms with Crippen LogP contribution < -0.4 is 10.4 Å². The second-order valence-electron chi connectivity index (χ2n) is 13.5. The van der Waals surface area contributed by atoms with Gasteiger partial charge in [-0.2, -0.15) is 51.6 Å². The first kappa shape index (κ1) is 42.8. The summed E-state index contributed by atoms with van der Waals surface area (Å²) >= 11 is 8.65. The molecule has 2 aromatic rings. The van der Waals surface area contributed by atoms with Crippen LogP contribution in [0.3, 0.4) is 0 Å². The first-order valence-electron chi connectivity index (χ1n) is 15.8. The Morgan fingerprint density at radius 1 is 0.532 bits per heavy atom.